The number of aryl methyl sites for hydroxylation is 1. The van der Waals surface area contributed by atoms with Gasteiger partial charge in [-0.3, -0.25) is 0 Å². The smallest absolute Gasteiger partial charge is 0.125 e. The molecule has 0 aromatic carbocycles. The molecule has 3 heteroatoms. The molecule has 0 saturated heterocycles. The number of nitrogens with one attached hydrogen (secondary N) is 1. The van der Waals surface area contributed by atoms with Gasteiger partial charge in [-0.05, 0) is 13.0 Å². The molecule has 0 radical (unpaired) electrons. The molecule has 1 N–H and O–H groups in total. The van der Waals surface area contributed by atoms with E-state index in [1.165, 1.54) is 5.56 Å². The van der Waals surface area contributed by atoms with Crippen molar-refractivity contribution in [1.29, 1.82) is 0 Å². The Morgan fingerprint density at radius 3 is 3.00 bits per heavy atom. The van der Waals surface area contributed by atoms with Crippen LogP contribution in [-0.4, -0.2) is 9.97 Å². The van der Waals surface area contributed by atoms with E-state index < -0.39 is 0 Å². The summed E-state index contributed by atoms with van der Waals surface area (Å²) in [4.78, 5) is 7.36. The first-order valence-corrected chi connectivity index (χ1v) is 4.29. The first-order chi connectivity index (χ1) is 5.36. The Morgan fingerprint density at radius 1 is 1.55 bits per heavy atom. The van der Waals surface area contributed by atoms with Crippen LogP contribution in [0.5, 0.6) is 0 Å². The van der Waals surface area contributed by atoms with E-state index in [9.17, 15) is 0 Å². The highest BCUT2D eigenvalue weighted by Gasteiger charge is 2.00. The van der Waals surface area contributed by atoms with Crippen LogP contribution in [0.2, 0.25) is 0 Å². The molecule has 0 unspecified atom stereocenters. The molecular weight excluding hydrogens is 156 g/mol. The van der Waals surface area contributed by atoms with Gasteiger partial charge in [0, 0.05) is 29.0 Å². The van der Waals surface area contributed by atoms with Gasteiger partial charge in [-0.2, -0.15) is 0 Å². The molecule has 0 aliphatic rings. The van der Waals surface area contributed by atoms with E-state index in [-0.39, 0.29) is 0 Å². The average Bonchev–Trinajstić information content (AvgIpc) is 2.55. The van der Waals surface area contributed by atoms with E-state index in [1.807, 2.05) is 25.4 Å². The highest BCUT2D eigenvalue weighted by atomic mass is 32.1. The minimum atomic E-state index is 1.09. The molecule has 2 heterocycles. The molecule has 11 heavy (non-hydrogen) atoms. The number of H-pyrrole nitrogens is 1. The second-order valence-corrected chi connectivity index (χ2v) is 3.25. The number of aromatic amines is 1. The van der Waals surface area contributed by atoms with E-state index in [4.69, 9.17) is 0 Å². The molecule has 0 atom stereocenters. The first kappa shape index (κ1) is 6.61. The normalized spacial score (nSPS) is 10.3. The second kappa shape index (κ2) is 2.51. The number of hydrogen-bond donors (Lipinski definition) is 1. The molecule has 2 rings (SSSR count). The lowest BCUT2D eigenvalue weighted by Gasteiger charge is -1.84. The van der Waals surface area contributed by atoms with Gasteiger partial charge in [0.1, 0.15) is 5.01 Å². The van der Waals surface area contributed by atoms with Crippen molar-refractivity contribution in [3.63, 3.8) is 0 Å². The van der Waals surface area contributed by atoms with Crippen molar-refractivity contribution in [2.45, 2.75) is 6.92 Å². The maximum Gasteiger partial charge on any atom is 0.125 e. The van der Waals surface area contributed by atoms with Crippen LogP contribution in [-0.2, 0) is 0 Å². The molecular formula is C8H8N2S. The van der Waals surface area contributed by atoms with Gasteiger partial charge in [-0.15, -0.1) is 11.3 Å². The van der Waals surface area contributed by atoms with E-state index in [1.54, 1.807) is 11.3 Å². The van der Waals surface area contributed by atoms with Crippen molar-refractivity contribution < 1.29 is 0 Å². The minimum Gasteiger partial charge on any atom is -0.367 e. The van der Waals surface area contributed by atoms with Gasteiger partial charge in [0.15, 0.2) is 0 Å². The summed E-state index contributed by atoms with van der Waals surface area (Å²) in [7, 11) is 0. The van der Waals surface area contributed by atoms with Crippen molar-refractivity contribution in [2.24, 2.45) is 0 Å². The van der Waals surface area contributed by atoms with Gasteiger partial charge in [0.2, 0.25) is 0 Å². The summed E-state index contributed by atoms with van der Waals surface area (Å²) in [6, 6.07) is 2.03. The van der Waals surface area contributed by atoms with Crippen LogP contribution in [0, 0.1) is 6.92 Å². The SMILES string of the molecule is Cc1csc(-c2cc[nH]c2)n1. The summed E-state index contributed by atoms with van der Waals surface area (Å²) in [6.07, 6.45) is 3.87. The minimum absolute atomic E-state index is 1.09. The molecule has 0 amide bonds. The summed E-state index contributed by atoms with van der Waals surface area (Å²) >= 11 is 1.68. The van der Waals surface area contributed by atoms with Gasteiger partial charge < -0.3 is 4.98 Å². The predicted octanol–water partition coefficient (Wildman–Crippen LogP) is 2.45. The number of thiazole rings is 1. The highest BCUT2D eigenvalue weighted by Crippen LogP contribution is 2.22. The van der Waals surface area contributed by atoms with Gasteiger partial charge in [-0.1, -0.05) is 0 Å². The largest absolute Gasteiger partial charge is 0.367 e. The van der Waals surface area contributed by atoms with Crippen LogP contribution in [0.25, 0.3) is 10.6 Å². The summed E-state index contributed by atoms with van der Waals surface area (Å²) < 4.78 is 0. The summed E-state index contributed by atoms with van der Waals surface area (Å²) in [6.45, 7) is 2.01. The van der Waals surface area contributed by atoms with Crippen LogP contribution >= 0.6 is 11.3 Å². The van der Waals surface area contributed by atoms with Crippen LogP contribution in [0.1, 0.15) is 5.69 Å². The van der Waals surface area contributed by atoms with Crippen LogP contribution in [0.4, 0.5) is 0 Å². The number of hydrogen-bond acceptors (Lipinski definition) is 2. The molecule has 2 nitrogen and oxygen atoms in total. The number of aromatic nitrogens is 2. The van der Waals surface area contributed by atoms with E-state index in [0.717, 1.165) is 10.7 Å². The Hall–Kier alpha value is -1.09. The second-order valence-electron chi connectivity index (χ2n) is 2.39. The lowest BCUT2D eigenvalue weighted by molar-refractivity contribution is 1.27. The van der Waals surface area contributed by atoms with Gasteiger partial charge >= 0.3 is 0 Å². The van der Waals surface area contributed by atoms with Crippen LogP contribution in [0.15, 0.2) is 23.8 Å². The first-order valence-electron chi connectivity index (χ1n) is 3.41. The summed E-state index contributed by atoms with van der Waals surface area (Å²) in [5.41, 5.74) is 2.26. The molecule has 0 aliphatic heterocycles. The summed E-state index contributed by atoms with van der Waals surface area (Å²) in [5, 5.41) is 3.14. The maximum absolute atomic E-state index is 4.35. The fraction of sp³-hybridized carbons (Fsp3) is 0.125. The van der Waals surface area contributed by atoms with Crippen molar-refractivity contribution in [3.05, 3.63) is 29.5 Å². The average molecular weight is 164 g/mol. The quantitative estimate of drug-likeness (QED) is 0.689. The zero-order valence-corrected chi connectivity index (χ0v) is 6.98. The Bertz CT molecular complexity index is 335. The highest BCUT2D eigenvalue weighted by molar-refractivity contribution is 7.13. The van der Waals surface area contributed by atoms with Crippen molar-refractivity contribution in [1.82, 2.24) is 9.97 Å². The van der Waals surface area contributed by atoms with Crippen molar-refractivity contribution in [3.8, 4) is 10.6 Å². The molecule has 56 valence electrons. The lowest BCUT2D eigenvalue weighted by Crippen LogP contribution is -1.71. The van der Waals surface area contributed by atoms with Gasteiger partial charge in [0.05, 0.1) is 0 Å². The molecule has 0 aliphatic carbocycles. The fourth-order valence-electron chi connectivity index (χ4n) is 0.943. The van der Waals surface area contributed by atoms with Crippen LogP contribution < -0.4 is 0 Å². The fourth-order valence-corrected chi connectivity index (χ4v) is 1.74. The maximum atomic E-state index is 4.35. The van der Waals surface area contributed by atoms with Crippen molar-refractivity contribution in [2.75, 3.05) is 0 Å². The zero-order chi connectivity index (χ0) is 7.68. The Kier molecular flexibility index (Phi) is 1.51. The summed E-state index contributed by atoms with van der Waals surface area (Å²) in [5.74, 6) is 0. The van der Waals surface area contributed by atoms with Gasteiger partial charge in [0.25, 0.3) is 0 Å². The Labute approximate surface area is 68.9 Å². The van der Waals surface area contributed by atoms with E-state index in [2.05, 4.69) is 15.3 Å². The third-order valence-electron chi connectivity index (χ3n) is 1.46. The Balaban J connectivity index is 2.45. The number of rotatable bonds is 1. The van der Waals surface area contributed by atoms with E-state index >= 15 is 0 Å². The zero-order valence-electron chi connectivity index (χ0n) is 6.16. The predicted molar refractivity (Wildman–Crippen MR) is 46.6 cm³/mol. The molecule has 0 fully saturated rings. The van der Waals surface area contributed by atoms with Crippen molar-refractivity contribution >= 4 is 11.3 Å². The third-order valence-corrected chi connectivity index (χ3v) is 2.47. The molecule has 0 saturated carbocycles. The number of nitrogens with zero attached hydrogens (tertiary/aromatic N) is 1. The Morgan fingerprint density at radius 2 is 2.45 bits per heavy atom. The third kappa shape index (κ3) is 1.19. The lowest BCUT2D eigenvalue weighted by atomic mass is 10.4. The van der Waals surface area contributed by atoms with Crippen LogP contribution in [0.3, 0.4) is 0 Å². The monoisotopic (exact) mass is 164 g/mol. The molecule has 2 aromatic heterocycles. The molecule has 0 spiro atoms. The standard InChI is InChI=1S/C8H8N2S/c1-6-5-11-8(10-6)7-2-3-9-4-7/h2-5,9H,1H3. The van der Waals surface area contributed by atoms with E-state index in [0.29, 0.717) is 0 Å². The topological polar surface area (TPSA) is 28.7 Å². The molecule has 0 bridgehead atoms. The molecule has 2 aromatic rings. The van der Waals surface area contributed by atoms with Gasteiger partial charge in [-0.25, -0.2) is 4.98 Å².